The number of aliphatic hydroxyl groups excluding tert-OH is 1. The highest BCUT2D eigenvalue weighted by Gasteiger charge is 2.48. The van der Waals surface area contributed by atoms with Crippen LogP contribution in [0.4, 0.5) is 0 Å². The van der Waals surface area contributed by atoms with Crippen molar-refractivity contribution >= 4 is 0 Å². The number of benzene rings is 1. The van der Waals surface area contributed by atoms with Crippen molar-refractivity contribution in [1.29, 1.82) is 0 Å². The number of rotatable bonds is 3. The summed E-state index contributed by atoms with van der Waals surface area (Å²) in [5, 5.41) is 9.95. The minimum atomic E-state index is 0.245. The van der Waals surface area contributed by atoms with Crippen molar-refractivity contribution < 1.29 is 5.11 Å². The summed E-state index contributed by atoms with van der Waals surface area (Å²) in [6, 6.07) is 13.7. The molecule has 0 spiro atoms. The third-order valence-electron chi connectivity index (χ3n) is 5.86. The Balaban J connectivity index is 1.57. The maximum Gasteiger partial charge on any atom is 0.0593 e. The Kier molecular flexibility index (Phi) is 4.84. The summed E-state index contributed by atoms with van der Waals surface area (Å²) in [5.41, 5.74) is 3.69. The zero-order valence-electron chi connectivity index (χ0n) is 14.9. The zero-order valence-corrected chi connectivity index (χ0v) is 14.9. The molecule has 4 nitrogen and oxygen atoms in total. The summed E-state index contributed by atoms with van der Waals surface area (Å²) < 4.78 is 0. The van der Waals surface area contributed by atoms with Crippen LogP contribution in [0.25, 0.3) is 11.1 Å². The maximum atomic E-state index is 9.95. The molecule has 1 aromatic carbocycles. The molecule has 0 saturated carbocycles. The average molecular weight is 337 g/mol. The highest BCUT2D eigenvalue weighted by molar-refractivity contribution is 5.62. The summed E-state index contributed by atoms with van der Waals surface area (Å²) in [6.45, 7) is 3.63. The van der Waals surface area contributed by atoms with Crippen molar-refractivity contribution in [2.45, 2.75) is 30.8 Å². The molecule has 3 atom stereocenters. The topological polar surface area (TPSA) is 39.6 Å². The van der Waals surface area contributed by atoms with Gasteiger partial charge in [-0.1, -0.05) is 30.3 Å². The fourth-order valence-corrected chi connectivity index (χ4v) is 4.54. The molecule has 2 aromatic rings. The summed E-state index contributed by atoms with van der Waals surface area (Å²) in [4.78, 5) is 9.18. The molecule has 0 amide bonds. The molecule has 2 aliphatic heterocycles. The van der Waals surface area contributed by atoms with Gasteiger partial charge in [0.2, 0.25) is 0 Å². The summed E-state index contributed by atoms with van der Waals surface area (Å²) in [5.74, 6) is 0.425. The van der Waals surface area contributed by atoms with Gasteiger partial charge in [0, 0.05) is 36.9 Å². The summed E-state index contributed by atoms with van der Waals surface area (Å²) in [7, 11) is 2.22. The van der Waals surface area contributed by atoms with Gasteiger partial charge in [-0.25, -0.2) is 0 Å². The third kappa shape index (κ3) is 3.22. The van der Waals surface area contributed by atoms with Crippen LogP contribution in [0.3, 0.4) is 0 Å². The third-order valence-corrected chi connectivity index (χ3v) is 5.86. The number of pyridine rings is 1. The van der Waals surface area contributed by atoms with Gasteiger partial charge in [-0.3, -0.25) is 9.88 Å². The number of likely N-dealkylation sites (N-methyl/N-ethyl adjacent to an activating group) is 1. The molecule has 4 heteroatoms. The zero-order chi connectivity index (χ0) is 17.2. The van der Waals surface area contributed by atoms with E-state index in [1.165, 1.54) is 30.5 Å². The lowest BCUT2D eigenvalue weighted by atomic mass is 9.74. The Morgan fingerprint density at radius 1 is 1.08 bits per heavy atom. The molecule has 0 aliphatic carbocycles. The van der Waals surface area contributed by atoms with E-state index in [9.17, 15) is 5.11 Å². The molecule has 0 radical (unpaired) electrons. The lowest BCUT2D eigenvalue weighted by molar-refractivity contribution is -0.0614. The summed E-state index contributed by atoms with van der Waals surface area (Å²) in [6.07, 6.45) is 6.19. The first kappa shape index (κ1) is 16.7. The van der Waals surface area contributed by atoms with E-state index in [2.05, 4.69) is 52.2 Å². The second kappa shape index (κ2) is 7.24. The SMILES string of the molecule is CN1CCCCN2[C@H](CO)[C@H](c3ccc(-c4cccnc4)cc3)[C@@H]2C1. The van der Waals surface area contributed by atoms with Crippen molar-refractivity contribution in [2.24, 2.45) is 0 Å². The quantitative estimate of drug-likeness (QED) is 0.934. The predicted octanol–water partition coefficient (Wildman–Crippen LogP) is 2.60. The number of aromatic nitrogens is 1. The van der Waals surface area contributed by atoms with E-state index in [1.54, 1.807) is 6.20 Å². The Hall–Kier alpha value is -1.75. The van der Waals surface area contributed by atoms with Gasteiger partial charge in [0.25, 0.3) is 0 Å². The van der Waals surface area contributed by atoms with Gasteiger partial charge < -0.3 is 10.0 Å². The summed E-state index contributed by atoms with van der Waals surface area (Å²) >= 11 is 0. The van der Waals surface area contributed by atoms with Crippen LogP contribution < -0.4 is 0 Å². The second-order valence-electron chi connectivity index (χ2n) is 7.41. The largest absolute Gasteiger partial charge is 0.395 e. The minimum Gasteiger partial charge on any atom is -0.395 e. The van der Waals surface area contributed by atoms with Gasteiger partial charge in [0.05, 0.1) is 6.61 Å². The molecule has 2 aliphatic rings. The van der Waals surface area contributed by atoms with Gasteiger partial charge in [0.15, 0.2) is 0 Å². The van der Waals surface area contributed by atoms with Gasteiger partial charge in [-0.2, -0.15) is 0 Å². The van der Waals surface area contributed by atoms with Crippen molar-refractivity contribution in [1.82, 2.24) is 14.8 Å². The van der Waals surface area contributed by atoms with Crippen LogP contribution in [0.2, 0.25) is 0 Å². The van der Waals surface area contributed by atoms with E-state index in [0.29, 0.717) is 12.0 Å². The first-order valence-corrected chi connectivity index (χ1v) is 9.33. The van der Waals surface area contributed by atoms with E-state index in [4.69, 9.17) is 0 Å². The standard InChI is InChI=1S/C21H27N3O/c1-23-11-2-3-12-24-19(14-23)21(20(24)15-25)17-8-6-16(7-9-17)18-5-4-10-22-13-18/h4-10,13,19-21,25H,2-3,11-12,14-15H2,1H3/t19-,20+,21+/m0/s1. The lowest BCUT2D eigenvalue weighted by Crippen LogP contribution is -2.67. The number of aliphatic hydroxyl groups is 1. The van der Waals surface area contributed by atoms with Crippen LogP contribution in [0.15, 0.2) is 48.8 Å². The Morgan fingerprint density at radius 2 is 1.88 bits per heavy atom. The monoisotopic (exact) mass is 337 g/mol. The first-order chi connectivity index (χ1) is 12.3. The van der Waals surface area contributed by atoms with E-state index in [0.717, 1.165) is 18.7 Å². The predicted molar refractivity (Wildman–Crippen MR) is 101 cm³/mol. The molecular weight excluding hydrogens is 310 g/mol. The van der Waals surface area contributed by atoms with Crippen molar-refractivity contribution in [3.8, 4) is 11.1 Å². The fourth-order valence-electron chi connectivity index (χ4n) is 4.54. The highest BCUT2D eigenvalue weighted by atomic mass is 16.3. The Bertz CT molecular complexity index is 688. The smallest absolute Gasteiger partial charge is 0.0593 e. The number of hydrogen-bond acceptors (Lipinski definition) is 4. The van der Waals surface area contributed by atoms with Crippen LogP contribution in [-0.4, -0.2) is 65.3 Å². The van der Waals surface area contributed by atoms with E-state index in [1.807, 2.05) is 12.3 Å². The number of hydrogen-bond donors (Lipinski definition) is 1. The highest BCUT2D eigenvalue weighted by Crippen LogP contribution is 2.42. The minimum absolute atomic E-state index is 0.245. The normalized spacial score (nSPS) is 27.8. The molecule has 4 rings (SSSR count). The molecular formula is C21H27N3O. The van der Waals surface area contributed by atoms with Gasteiger partial charge >= 0.3 is 0 Å². The average Bonchev–Trinajstić information content (AvgIpc) is 2.64. The second-order valence-corrected chi connectivity index (χ2v) is 7.41. The van der Waals surface area contributed by atoms with E-state index in [-0.39, 0.29) is 12.6 Å². The molecule has 0 bridgehead atoms. The van der Waals surface area contributed by atoms with Gasteiger partial charge in [-0.05, 0) is 55.7 Å². The maximum absolute atomic E-state index is 9.95. The molecule has 1 N–H and O–H groups in total. The van der Waals surface area contributed by atoms with Crippen molar-refractivity contribution in [3.05, 3.63) is 54.4 Å². The van der Waals surface area contributed by atoms with E-state index < -0.39 is 0 Å². The fraction of sp³-hybridized carbons (Fsp3) is 0.476. The number of nitrogens with zero attached hydrogens (tertiary/aromatic N) is 3. The van der Waals surface area contributed by atoms with Crippen molar-refractivity contribution in [3.63, 3.8) is 0 Å². The first-order valence-electron chi connectivity index (χ1n) is 9.33. The van der Waals surface area contributed by atoms with Gasteiger partial charge in [-0.15, -0.1) is 0 Å². The van der Waals surface area contributed by atoms with Crippen LogP contribution in [0.5, 0.6) is 0 Å². The van der Waals surface area contributed by atoms with Crippen molar-refractivity contribution in [2.75, 3.05) is 33.3 Å². The molecule has 3 heterocycles. The van der Waals surface area contributed by atoms with Crippen LogP contribution in [-0.2, 0) is 0 Å². The molecule has 0 unspecified atom stereocenters. The molecule has 132 valence electrons. The molecule has 1 aromatic heterocycles. The van der Waals surface area contributed by atoms with Gasteiger partial charge in [0.1, 0.15) is 0 Å². The Labute approximate surface area is 150 Å². The Morgan fingerprint density at radius 3 is 2.60 bits per heavy atom. The van der Waals surface area contributed by atoms with Crippen LogP contribution >= 0.6 is 0 Å². The van der Waals surface area contributed by atoms with Crippen LogP contribution in [0, 0.1) is 0 Å². The molecule has 25 heavy (non-hydrogen) atoms. The molecule has 2 saturated heterocycles. The molecule has 2 fully saturated rings. The van der Waals surface area contributed by atoms with Crippen LogP contribution in [0.1, 0.15) is 24.3 Å². The van der Waals surface area contributed by atoms with E-state index >= 15 is 0 Å². The number of fused-ring (bicyclic) bond motifs is 1. The lowest BCUT2D eigenvalue weighted by Gasteiger charge is -2.57.